The van der Waals surface area contributed by atoms with Gasteiger partial charge in [0.25, 0.3) is 5.91 Å². The lowest BCUT2D eigenvalue weighted by Crippen LogP contribution is -2.36. The minimum Gasteiger partial charge on any atom is -0.343 e. The Labute approximate surface area is 150 Å². The van der Waals surface area contributed by atoms with E-state index in [1.165, 1.54) is 22.5 Å². The number of unbranched alkanes of at least 4 members (excludes halogenated alkanes) is 1. The van der Waals surface area contributed by atoms with Crippen LogP contribution in [0.2, 0.25) is 0 Å². The lowest BCUT2D eigenvalue weighted by atomic mass is 10.1. The monoisotopic (exact) mass is 390 g/mol. The number of nitrogens with one attached hydrogen (secondary N) is 1. The zero-order chi connectivity index (χ0) is 19.4. The van der Waals surface area contributed by atoms with Gasteiger partial charge in [0, 0.05) is 18.2 Å². The van der Waals surface area contributed by atoms with Crippen LogP contribution in [-0.4, -0.2) is 43.9 Å². The van der Waals surface area contributed by atoms with Gasteiger partial charge in [-0.05, 0) is 24.6 Å². The van der Waals surface area contributed by atoms with E-state index >= 15 is 0 Å². The van der Waals surface area contributed by atoms with Crippen molar-refractivity contribution in [2.75, 3.05) is 13.1 Å². The summed E-state index contributed by atoms with van der Waals surface area (Å²) in [6, 6.07) is 4.82. The molecule has 1 heterocycles. The van der Waals surface area contributed by atoms with Gasteiger partial charge in [-0.15, -0.1) is 0 Å². The molecule has 9 heteroatoms. The highest BCUT2D eigenvalue weighted by molar-refractivity contribution is 7.89. The van der Waals surface area contributed by atoms with Crippen molar-refractivity contribution < 1.29 is 26.4 Å². The molecule has 0 aromatic heterocycles. The molecule has 1 aromatic rings. The third-order valence-corrected chi connectivity index (χ3v) is 5.91. The van der Waals surface area contributed by atoms with E-state index in [2.05, 4.69) is 0 Å². The molecule has 0 bridgehead atoms. The van der Waals surface area contributed by atoms with Crippen molar-refractivity contribution in [1.82, 2.24) is 9.62 Å². The molecule has 2 rings (SSSR count). The first kappa shape index (κ1) is 20.4. The normalized spacial score (nSPS) is 18.2. The van der Waals surface area contributed by atoms with Crippen LogP contribution in [0.5, 0.6) is 0 Å². The quantitative estimate of drug-likeness (QED) is 0.728. The van der Waals surface area contributed by atoms with E-state index < -0.39 is 28.7 Å². The standard InChI is InChI=1S/C17H21F3N2O3S/c1-2-3-7-14-8-5-10-22(14)26(24,25)15-9-4-6-13(11-15)16(23)21-12-17(18,19)20/h4-6,8-9,11,14H,2-3,7,10,12H2,1H3,(H,21,23). The Balaban J connectivity index is 2.19. The Morgan fingerprint density at radius 1 is 1.35 bits per heavy atom. The molecular weight excluding hydrogens is 369 g/mol. The average molecular weight is 390 g/mol. The second-order valence-electron chi connectivity index (χ2n) is 6.04. The number of carbonyl (C=O) groups is 1. The van der Waals surface area contributed by atoms with Gasteiger partial charge in [-0.1, -0.05) is 38.0 Å². The first-order valence-corrected chi connectivity index (χ1v) is 9.72. The van der Waals surface area contributed by atoms with E-state index in [0.29, 0.717) is 6.42 Å². The van der Waals surface area contributed by atoms with Crippen LogP contribution in [0, 0.1) is 0 Å². The van der Waals surface area contributed by atoms with Gasteiger partial charge in [-0.2, -0.15) is 17.5 Å². The predicted octanol–water partition coefficient (Wildman–Crippen LogP) is 3.10. The fourth-order valence-electron chi connectivity index (χ4n) is 2.70. The summed E-state index contributed by atoms with van der Waals surface area (Å²) in [4.78, 5) is 11.8. The van der Waals surface area contributed by atoms with Gasteiger partial charge in [0.05, 0.1) is 4.90 Å². The second-order valence-corrected chi connectivity index (χ2v) is 7.93. The number of alkyl halides is 3. The Morgan fingerprint density at radius 2 is 2.08 bits per heavy atom. The topological polar surface area (TPSA) is 66.5 Å². The first-order valence-electron chi connectivity index (χ1n) is 8.28. The summed E-state index contributed by atoms with van der Waals surface area (Å²) in [5, 5.41) is 1.74. The fraction of sp³-hybridized carbons (Fsp3) is 0.471. The molecule has 1 amide bonds. The maximum atomic E-state index is 12.9. The Bertz CT molecular complexity index is 776. The van der Waals surface area contributed by atoms with Crippen LogP contribution >= 0.6 is 0 Å². The number of nitrogens with zero attached hydrogens (tertiary/aromatic N) is 1. The smallest absolute Gasteiger partial charge is 0.343 e. The first-order chi connectivity index (χ1) is 12.1. The lowest BCUT2D eigenvalue weighted by Gasteiger charge is -2.24. The number of benzene rings is 1. The molecule has 1 N–H and O–H groups in total. The largest absolute Gasteiger partial charge is 0.405 e. The summed E-state index contributed by atoms with van der Waals surface area (Å²) in [6.07, 6.45) is 1.59. The molecule has 0 radical (unpaired) electrons. The van der Waals surface area contributed by atoms with Crippen molar-refractivity contribution in [3.05, 3.63) is 42.0 Å². The summed E-state index contributed by atoms with van der Waals surface area (Å²) < 4.78 is 63.8. The molecule has 0 fully saturated rings. The van der Waals surface area contributed by atoms with Crippen molar-refractivity contribution >= 4 is 15.9 Å². The van der Waals surface area contributed by atoms with Gasteiger partial charge in [0.2, 0.25) is 10.0 Å². The zero-order valence-electron chi connectivity index (χ0n) is 14.3. The van der Waals surface area contributed by atoms with Crippen LogP contribution in [0.4, 0.5) is 13.2 Å². The van der Waals surface area contributed by atoms with Gasteiger partial charge in [-0.25, -0.2) is 8.42 Å². The molecule has 0 saturated carbocycles. The van der Waals surface area contributed by atoms with Gasteiger partial charge in [0.1, 0.15) is 6.54 Å². The summed E-state index contributed by atoms with van der Waals surface area (Å²) in [5.74, 6) is -0.971. The highest BCUT2D eigenvalue weighted by Gasteiger charge is 2.32. The van der Waals surface area contributed by atoms with Gasteiger partial charge >= 0.3 is 6.18 Å². The maximum absolute atomic E-state index is 12.9. The van der Waals surface area contributed by atoms with E-state index in [1.807, 2.05) is 13.0 Å². The molecule has 5 nitrogen and oxygen atoms in total. The van der Waals surface area contributed by atoms with Crippen LogP contribution in [0.25, 0.3) is 0 Å². The number of sulfonamides is 1. The molecule has 1 aliphatic heterocycles. The summed E-state index contributed by atoms with van der Waals surface area (Å²) >= 11 is 0. The number of rotatable bonds is 7. The van der Waals surface area contributed by atoms with Crippen molar-refractivity contribution in [1.29, 1.82) is 0 Å². The van der Waals surface area contributed by atoms with Gasteiger partial charge < -0.3 is 5.32 Å². The third-order valence-electron chi connectivity index (χ3n) is 4.02. The highest BCUT2D eigenvalue weighted by atomic mass is 32.2. The fourth-order valence-corrected chi connectivity index (χ4v) is 4.31. The Hall–Kier alpha value is -1.87. The van der Waals surface area contributed by atoms with Crippen LogP contribution in [-0.2, 0) is 10.0 Å². The van der Waals surface area contributed by atoms with E-state index in [0.717, 1.165) is 18.9 Å². The average Bonchev–Trinajstić information content (AvgIpc) is 3.06. The summed E-state index contributed by atoms with van der Waals surface area (Å²) in [7, 11) is -3.85. The van der Waals surface area contributed by atoms with Crippen molar-refractivity contribution in [2.24, 2.45) is 0 Å². The van der Waals surface area contributed by atoms with E-state index in [4.69, 9.17) is 0 Å². The second kappa shape index (κ2) is 8.22. The van der Waals surface area contributed by atoms with Crippen LogP contribution < -0.4 is 5.32 Å². The molecule has 0 saturated heterocycles. The van der Waals surface area contributed by atoms with Gasteiger partial charge in [0.15, 0.2) is 0 Å². The minimum absolute atomic E-state index is 0.109. The van der Waals surface area contributed by atoms with Crippen molar-refractivity contribution in [2.45, 2.75) is 43.3 Å². The van der Waals surface area contributed by atoms with Gasteiger partial charge in [-0.3, -0.25) is 4.79 Å². The van der Waals surface area contributed by atoms with Crippen molar-refractivity contribution in [3.63, 3.8) is 0 Å². The number of halogens is 3. The predicted molar refractivity (Wildman–Crippen MR) is 91.2 cm³/mol. The zero-order valence-corrected chi connectivity index (χ0v) is 15.1. The highest BCUT2D eigenvalue weighted by Crippen LogP contribution is 2.25. The van der Waals surface area contributed by atoms with Crippen molar-refractivity contribution in [3.8, 4) is 0 Å². The maximum Gasteiger partial charge on any atom is 0.405 e. The van der Waals surface area contributed by atoms with Crippen LogP contribution in [0.3, 0.4) is 0 Å². The van der Waals surface area contributed by atoms with E-state index in [9.17, 15) is 26.4 Å². The lowest BCUT2D eigenvalue weighted by molar-refractivity contribution is -0.123. The number of hydrogen-bond donors (Lipinski definition) is 1. The molecule has 0 spiro atoms. The molecule has 144 valence electrons. The number of hydrogen-bond acceptors (Lipinski definition) is 3. The molecule has 1 unspecified atom stereocenters. The molecule has 26 heavy (non-hydrogen) atoms. The Kier molecular flexibility index (Phi) is 6.46. The third kappa shape index (κ3) is 5.07. The van der Waals surface area contributed by atoms with Crippen LogP contribution in [0.15, 0.2) is 41.3 Å². The molecule has 1 atom stereocenters. The number of amides is 1. The minimum atomic E-state index is -4.53. The summed E-state index contributed by atoms with van der Waals surface area (Å²) in [6.45, 7) is 0.777. The summed E-state index contributed by atoms with van der Waals surface area (Å²) in [5.41, 5.74) is -0.132. The molecule has 1 aliphatic rings. The van der Waals surface area contributed by atoms with Crippen LogP contribution in [0.1, 0.15) is 36.5 Å². The Morgan fingerprint density at radius 3 is 2.73 bits per heavy atom. The number of carbonyl (C=O) groups excluding carboxylic acids is 1. The molecule has 1 aromatic carbocycles. The SMILES string of the molecule is CCCCC1C=CCN1S(=O)(=O)c1cccc(C(=O)NCC(F)(F)F)c1. The van der Waals surface area contributed by atoms with E-state index in [-0.39, 0.29) is 23.0 Å². The molecular formula is C17H21F3N2O3S. The molecule has 0 aliphatic carbocycles. The van der Waals surface area contributed by atoms with E-state index in [1.54, 1.807) is 11.4 Å².